The van der Waals surface area contributed by atoms with Crippen LogP contribution in [0.3, 0.4) is 0 Å². The number of halogens is 2. The number of hydrazone groups is 1. The zero-order valence-electron chi connectivity index (χ0n) is 14.3. The van der Waals surface area contributed by atoms with E-state index >= 15 is 0 Å². The van der Waals surface area contributed by atoms with Gasteiger partial charge in [0.2, 0.25) is 0 Å². The summed E-state index contributed by atoms with van der Waals surface area (Å²) in [6.07, 6.45) is 1.39. The highest BCUT2D eigenvalue weighted by molar-refractivity contribution is 6.42. The van der Waals surface area contributed by atoms with Crippen LogP contribution in [-0.2, 0) is 9.59 Å². The largest absolute Gasteiger partial charge is 0.482 e. The molecule has 2 aromatic carbocycles. The molecule has 0 heterocycles. The molecule has 0 unspecified atom stereocenters. The molecule has 0 saturated carbocycles. The van der Waals surface area contributed by atoms with E-state index in [2.05, 4.69) is 15.8 Å². The quantitative estimate of drug-likeness (QED) is 0.444. The molecule has 2 rings (SSSR count). The van der Waals surface area contributed by atoms with Gasteiger partial charge in [-0.3, -0.25) is 9.59 Å². The van der Waals surface area contributed by atoms with Crippen LogP contribution < -0.4 is 15.5 Å². The van der Waals surface area contributed by atoms with Crippen molar-refractivity contribution in [1.82, 2.24) is 10.7 Å². The summed E-state index contributed by atoms with van der Waals surface area (Å²) in [5, 5.41) is 15.3. The van der Waals surface area contributed by atoms with Crippen molar-refractivity contribution in [3.05, 3.63) is 63.6 Å². The van der Waals surface area contributed by atoms with Gasteiger partial charge in [0.25, 0.3) is 11.8 Å². The molecular formula is C18H15Cl2N3O5. The van der Waals surface area contributed by atoms with Crippen molar-refractivity contribution in [3.63, 3.8) is 0 Å². The number of rotatable bonds is 8. The molecule has 0 aliphatic carbocycles. The van der Waals surface area contributed by atoms with Gasteiger partial charge in [-0.1, -0.05) is 23.2 Å². The predicted molar refractivity (Wildman–Crippen MR) is 104 cm³/mol. The fourth-order valence-corrected chi connectivity index (χ4v) is 2.21. The van der Waals surface area contributed by atoms with E-state index in [4.69, 9.17) is 33.0 Å². The summed E-state index contributed by atoms with van der Waals surface area (Å²) >= 11 is 11.6. The molecule has 0 spiro atoms. The molecule has 0 saturated heterocycles. The minimum Gasteiger partial charge on any atom is -0.482 e. The van der Waals surface area contributed by atoms with Crippen LogP contribution in [0.1, 0.15) is 15.9 Å². The van der Waals surface area contributed by atoms with E-state index in [0.29, 0.717) is 16.3 Å². The average Bonchev–Trinajstić information content (AvgIpc) is 2.67. The average molecular weight is 424 g/mol. The molecule has 0 fully saturated rings. The van der Waals surface area contributed by atoms with Crippen LogP contribution in [-0.4, -0.2) is 42.3 Å². The van der Waals surface area contributed by atoms with Crippen LogP contribution in [0, 0.1) is 0 Å². The topological polar surface area (TPSA) is 117 Å². The van der Waals surface area contributed by atoms with E-state index in [1.807, 2.05) is 0 Å². The van der Waals surface area contributed by atoms with E-state index in [1.165, 1.54) is 24.4 Å². The molecule has 8 nitrogen and oxygen atoms in total. The number of hydrogen-bond acceptors (Lipinski definition) is 5. The maximum atomic E-state index is 12.0. The lowest BCUT2D eigenvalue weighted by atomic mass is 10.2. The summed E-state index contributed by atoms with van der Waals surface area (Å²) < 4.78 is 5.00. The zero-order valence-corrected chi connectivity index (χ0v) is 15.8. The third-order valence-corrected chi connectivity index (χ3v) is 3.98. The van der Waals surface area contributed by atoms with E-state index in [-0.39, 0.29) is 17.1 Å². The van der Waals surface area contributed by atoms with Crippen molar-refractivity contribution in [3.8, 4) is 5.75 Å². The van der Waals surface area contributed by atoms with Gasteiger partial charge in [0.1, 0.15) is 5.75 Å². The molecule has 0 aliphatic rings. The van der Waals surface area contributed by atoms with Crippen LogP contribution in [0.25, 0.3) is 0 Å². The first-order valence-electron chi connectivity index (χ1n) is 7.85. The van der Waals surface area contributed by atoms with Gasteiger partial charge in [-0.2, -0.15) is 5.10 Å². The number of carboxylic acids is 1. The fraction of sp³-hybridized carbons (Fsp3) is 0.111. The number of ether oxygens (including phenoxy) is 1. The molecule has 0 radical (unpaired) electrons. The molecule has 0 aliphatic heterocycles. The SMILES string of the molecule is O=C(O)COc1ccc(C=NNC(=O)CNC(=O)c2ccc(Cl)c(Cl)c2)cc1. The molecule has 28 heavy (non-hydrogen) atoms. The molecule has 10 heteroatoms. The fourth-order valence-electron chi connectivity index (χ4n) is 1.91. The summed E-state index contributed by atoms with van der Waals surface area (Å²) in [5.74, 6) is -1.67. The summed E-state index contributed by atoms with van der Waals surface area (Å²) in [6, 6.07) is 10.8. The van der Waals surface area contributed by atoms with Gasteiger partial charge in [0, 0.05) is 5.56 Å². The Balaban J connectivity index is 1.77. The molecule has 3 N–H and O–H groups in total. The first-order valence-corrected chi connectivity index (χ1v) is 8.60. The van der Waals surface area contributed by atoms with Crippen LogP contribution in [0.5, 0.6) is 5.75 Å². The van der Waals surface area contributed by atoms with Gasteiger partial charge >= 0.3 is 5.97 Å². The van der Waals surface area contributed by atoms with Crippen molar-refractivity contribution < 1.29 is 24.2 Å². The van der Waals surface area contributed by atoms with Crippen molar-refractivity contribution in [2.24, 2.45) is 5.10 Å². The minimum absolute atomic E-state index is 0.239. The third-order valence-electron chi connectivity index (χ3n) is 3.24. The Bertz CT molecular complexity index is 901. The van der Waals surface area contributed by atoms with Gasteiger partial charge in [-0.05, 0) is 48.0 Å². The van der Waals surface area contributed by atoms with Crippen LogP contribution in [0.4, 0.5) is 0 Å². The molecule has 2 aromatic rings. The standard InChI is InChI=1S/C18H15Cl2N3O5/c19-14-6-3-12(7-15(14)20)18(27)21-9-16(24)23-22-8-11-1-4-13(5-2-11)28-10-17(25)26/h1-8H,9-10H2,(H,21,27)(H,23,24)(H,25,26). The van der Waals surface area contributed by atoms with Gasteiger partial charge in [-0.15, -0.1) is 0 Å². The Morgan fingerprint density at radius 1 is 1.07 bits per heavy atom. The number of nitrogens with zero attached hydrogens (tertiary/aromatic N) is 1. The number of benzene rings is 2. The van der Waals surface area contributed by atoms with Crippen molar-refractivity contribution in [2.45, 2.75) is 0 Å². The number of carboxylic acid groups (broad SMARTS) is 1. The number of carbonyl (C=O) groups excluding carboxylic acids is 2. The van der Waals surface area contributed by atoms with Crippen LogP contribution in [0.2, 0.25) is 10.0 Å². The smallest absolute Gasteiger partial charge is 0.341 e. The van der Waals surface area contributed by atoms with Gasteiger partial charge < -0.3 is 15.2 Å². The second-order valence-corrected chi connectivity index (χ2v) is 6.17. The maximum Gasteiger partial charge on any atom is 0.341 e. The molecule has 0 bridgehead atoms. The zero-order chi connectivity index (χ0) is 20.5. The predicted octanol–water partition coefficient (Wildman–Crippen LogP) is 2.34. The number of aliphatic carboxylic acids is 1. The second-order valence-electron chi connectivity index (χ2n) is 5.36. The lowest BCUT2D eigenvalue weighted by Crippen LogP contribution is -2.34. The molecule has 0 aromatic heterocycles. The minimum atomic E-state index is -1.07. The molecule has 2 amide bonds. The maximum absolute atomic E-state index is 12.0. The highest BCUT2D eigenvalue weighted by Gasteiger charge is 2.09. The highest BCUT2D eigenvalue weighted by atomic mass is 35.5. The summed E-state index contributed by atoms with van der Waals surface area (Å²) in [5.41, 5.74) is 3.20. The van der Waals surface area contributed by atoms with E-state index < -0.39 is 24.4 Å². The lowest BCUT2D eigenvalue weighted by Gasteiger charge is -2.05. The van der Waals surface area contributed by atoms with E-state index in [9.17, 15) is 14.4 Å². The number of nitrogens with one attached hydrogen (secondary N) is 2. The Morgan fingerprint density at radius 2 is 1.79 bits per heavy atom. The van der Waals surface area contributed by atoms with Crippen LogP contribution in [0.15, 0.2) is 47.6 Å². The molecule has 146 valence electrons. The van der Waals surface area contributed by atoms with Crippen molar-refractivity contribution in [2.75, 3.05) is 13.2 Å². The van der Waals surface area contributed by atoms with E-state index in [1.54, 1.807) is 24.3 Å². The first kappa shape index (κ1) is 21.2. The Morgan fingerprint density at radius 3 is 2.43 bits per heavy atom. The number of amides is 2. The van der Waals surface area contributed by atoms with Crippen molar-refractivity contribution in [1.29, 1.82) is 0 Å². The van der Waals surface area contributed by atoms with E-state index in [0.717, 1.165) is 0 Å². The van der Waals surface area contributed by atoms with Crippen molar-refractivity contribution >= 4 is 47.2 Å². The monoisotopic (exact) mass is 423 g/mol. The summed E-state index contributed by atoms with van der Waals surface area (Å²) in [6.45, 7) is -0.712. The first-order chi connectivity index (χ1) is 13.3. The number of hydrogen-bond donors (Lipinski definition) is 3. The normalized spacial score (nSPS) is 10.5. The van der Waals surface area contributed by atoms with Gasteiger partial charge in [0.05, 0.1) is 22.8 Å². The second kappa shape index (κ2) is 10.3. The summed E-state index contributed by atoms with van der Waals surface area (Å²) in [7, 11) is 0. The lowest BCUT2D eigenvalue weighted by molar-refractivity contribution is -0.139. The summed E-state index contributed by atoms with van der Waals surface area (Å²) in [4.78, 5) is 34.1. The van der Waals surface area contributed by atoms with Gasteiger partial charge in [-0.25, -0.2) is 10.2 Å². The Kier molecular flexibility index (Phi) is 7.79. The highest BCUT2D eigenvalue weighted by Crippen LogP contribution is 2.22. The Hall–Kier alpha value is -3.10. The molecular weight excluding hydrogens is 409 g/mol. The third kappa shape index (κ3) is 6.90. The Labute approximate surface area is 170 Å². The van der Waals surface area contributed by atoms with Gasteiger partial charge in [0.15, 0.2) is 6.61 Å². The van der Waals surface area contributed by atoms with Crippen LogP contribution >= 0.6 is 23.2 Å². The molecule has 0 atom stereocenters. The number of carbonyl (C=O) groups is 3.